The largest absolute Gasteiger partial charge is 0.488 e. The average Bonchev–Trinajstić information content (AvgIpc) is 3.13. The molecule has 7 heteroatoms. The number of benzene rings is 2. The summed E-state index contributed by atoms with van der Waals surface area (Å²) in [4.78, 5) is 14.0. The molecule has 1 aliphatic heterocycles. The van der Waals surface area contributed by atoms with Crippen LogP contribution in [0.2, 0.25) is 0 Å². The number of nitriles is 1. The maximum Gasteiger partial charge on any atom is 0.337 e. The van der Waals surface area contributed by atoms with Gasteiger partial charge in [0.25, 0.3) is 0 Å². The maximum atomic E-state index is 13.7. The van der Waals surface area contributed by atoms with Gasteiger partial charge in [0, 0.05) is 19.6 Å². The smallest absolute Gasteiger partial charge is 0.337 e. The Balaban J connectivity index is 1.40. The zero-order valence-electron chi connectivity index (χ0n) is 17.3. The molecule has 0 amide bonds. The molecule has 1 aliphatic carbocycles. The second kappa shape index (κ2) is 9.04. The van der Waals surface area contributed by atoms with Crippen molar-refractivity contribution in [2.45, 2.75) is 31.6 Å². The molecule has 2 aromatic rings. The Kier molecular flexibility index (Phi) is 6.21. The highest BCUT2D eigenvalue weighted by Gasteiger charge is 2.42. The number of hydrogen-bond donors (Lipinski definition) is 1. The van der Waals surface area contributed by atoms with Crippen molar-refractivity contribution in [2.24, 2.45) is 11.8 Å². The second-order valence-electron chi connectivity index (χ2n) is 8.39. The summed E-state index contributed by atoms with van der Waals surface area (Å²) in [5.41, 5.74) is 1.51. The lowest BCUT2D eigenvalue weighted by Crippen LogP contribution is -2.42. The number of rotatable bonds is 5. The Morgan fingerprint density at radius 2 is 2.00 bits per heavy atom. The summed E-state index contributed by atoms with van der Waals surface area (Å²) >= 11 is 0. The van der Waals surface area contributed by atoms with Crippen LogP contribution in [0.3, 0.4) is 0 Å². The van der Waals surface area contributed by atoms with Crippen LogP contribution in [0.15, 0.2) is 42.5 Å². The molecule has 2 aliphatic rings. The minimum absolute atomic E-state index is 0.324. The molecule has 1 saturated heterocycles. The van der Waals surface area contributed by atoms with E-state index < -0.39 is 17.9 Å². The number of ether oxygens (including phenoxy) is 2. The minimum atomic E-state index is -0.595. The number of carbonyl (C=O) groups excluding carboxylic acids is 1. The van der Waals surface area contributed by atoms with Gasteiger partial charge in [-0.3, -0.25) is 4.90 Å². The molecule has 31 heavy (non-hydrogen) atoms. The SMILES string of the molecule is COC(=O)c1cccc(O[C@@H]2C[C@@H]3CN(Cc4cc(F)cc(C#N)c4)C[C@@H]3C[C@H]2O)c1. The second-order valence-corrected chi connectivity index (χ2v) is 8.39. The molecule has 4 atom stereocenters. The zero-order chi connectivity index (χ0) is 22.0. The molecule has 2 fully saturated rings. The first kappa shape index (κ1) is 21.3. The molecule has 0 unspecified atom stereocenters. The van der Waals surface area contributed by atoms with Crippen molar-refractivity contribution in [1.29, 1.82) is 5.26 Å². The summed E-state index contributed by atoms with van der Waals surface area (Å²) in [6.07, 6.45) is 0.391. The van der Waals surface area contributed by atoms with Gasteiger partial charge in [0.05, 0.1) is 30.4 Å². The minimum Gasteiger partial charge on any atom is -0.488 e. The van der Waals surface area contributed by atoms with Gasteiger partial charge < -0.3 is 14.6 Å². The van der Waals surface area contributed by atoms with Gasteiger partial charge in [-0.2, -0.15) is 5.26 Å². The van der Waals surface area contributed by atoms with Gasteiger partial charge in [-0.15, -0.1) is 0 Å². The summed E-state index contributed by atoms with van der Waals surface area (Å²) in [7, 11) is 1.33. The van der Waals surface area contributed by atoms with Gasteiger partial charge in [0.2, 0.25) is 0 Å². The summed E-state index contributed by atoms with van der Waals surface area (Å²) < 4.78 is 24.5. The Morgan fingerprint density at radius 1 is 1.23 bits per heavy atom. The predicted molar refractivity (Wildman–Crippen MR) is 111 cm³/mol. The fourth-order valence-corrected chi connectivity index (χ4v) is 4.80. The van der Waals surface area contributed by atoms with Crippen molar-refractivity contribution in [1.82, 2.24) is 4.90 Å². The third-order valence-corrected chi connectivity index (χ3v) is 6.20. The molecular weight excluding hydrogens is 399 g/mol. The van der Waals surface area contributed by atoms with Gasteiger partial charge in [-0.1, -0.05) is 6.07 Å². The van der Waals surface area contributed by atoms with Crippen LogP contribution in [-0.4, -0.2) is 48.4 Å². The number of methoxy groups -OCH3 is 1. The van der Waals surface area contributed by atoms with Crippen LogP contribution in [0.5, 0.6) is 5.75 Å². The van der Waals surface area contributed by atoms with E-state index in [4.69, 9.17) is 14.7 Å². The molecular formula is C24H25FN2O4. The predicted octanol–water partition coefficient (Wildman–Crippen LogP) is 3.13. The zero-order valence-corrected chi connectivity index (χ0v) is 17.3. The van der Waals surface area contributed by atoms with E-state index in [2.05, 4.69) is 4.90 Å². The summed E-state index contributed by atoms with van der Waals surface area (Å²) in [6.45, 7) is 2.23. The van der Waals surface area contributed by atoms with E-state index in [9.17, 15) is 14.3 Å². The summed E-state index contributed by atoms with van der Waals surface area (Å²) in [5.74, 6) is 0.410. The first-order valence-electron chi connectivity index (χ1n) is 10.4. The third kappa shape index (κ3) is 4.87. The van der Waals surface area contributed by atoms with E-state index in [-0.39, 0.29) is 6.10 Å². The fourth-order valence-electron chi connectivity index (χ4n) is 4.80. The van der Waals surface area contributed by atoms with E-state index in [1.807, 2.05) is 6.07 Å². The van der Waals surface area contributed by atoms with Crippen LogP contribution in [-0.2, 0) is 11.3 Å². The van der Waals surface area contributed by atoms with Crippen molar-refractivity contribution in [3.05, 3.63) is 65.0 Å². The van der Waals surface area contributed by atoms with Crippen molar-refractivity contribution >= 4 is 5.97 Å². The lowest BCUT2D eigenvalue weighted by Gasteiger charge is -2.35. The molecule has 0 spiro atoms. The van der Waals surface area contributed by atoms with Crippen LogP contribution in [0.25, 0.3) is 0 Å². The van der Waals surface area contributed by atoms with Crippen LogP contribution in [0, 0.1) is 29.0 Å². The number of esters is 1. The molecule has 6 nitrogen and oxygen atoms in total. The topological polar surface area (TPSA) is 82.8 Å². The summed E-state index contributed by atoms with van der Waals surface area (Å²) in [6, 6.07) is 13.2. The number of hydrogen-bond acceptors (Lipinski definition) is 6. The van der Waals surface area contributed by atoms with Crippen molar-refractivity contribution in [3.63, 3.8) is 0 Å². The highest BCUT2D eigenvalue weighted by Crippen LogP contribution is 2.38. The van der Waals surface area contributed by atoms with Gasteiger partial charge in [0.1, 0.15) is 17.7 Å². The number of likely N-dealkylation sites (tertiary alicyclic amines) is 1. The molecule has 2 aromatic carbocycles. The molecule has 162 valence electrons. The number of carbonyl (C=O) groups is 1. The summed E-state index contributed by atoms with van der Waals surface area (Å²) in [5, 5.41) is 19.7. The maximum absolute atomic E-state index is 13.7. The van der Waals surface area contributed by atoms with Crippen LogP contribution < -0.4 is 4.74 Å². The van der Waals surface area contributed by atoms with Gasteiger partial charge in [0.15, 0.2) is 0 Å². The van der Waals surface area contributed by atoms with Crippen molar-refractivity contribution in [2.75, 3.05) is 20.2 Å². The average molecular weight is 424 g/mol. The van der Waals surface area contributed by atoms with Gasteiger partial charge in [-0.25, -0.2) is 9.18 Å². The van der Waals surface area contributed by atoms with E-state index in [0.717, 1.165) is 18.7 Å². The molecule has 4 rings (SSSR count). The number of aliphatic hydroxyl groups excluding tert-OH is 1. The molecule has 1 saturated carbocycles. The highest BCUT2D eigenvalue weighted by molar-refractivity contribution is 5.89. The van der Waals surface area contributed by atoms with Crippen LogP contribution >= 0.6 is 0 Å². The van der Waals surface area contributed by atoms with Gasteiger partial charge >= 0.3 is 5.97 Å². The van der Waals surface area contributed by atoms with Crippen LogP contribution in [0.1, 0.15) is 34.3 Å². The standard InChI is InChI=1S/C24H25FN2O4/c1-30-24(29)17-3-2-4-21(8-17)31-23-10-19-14-27(13-18(19)9-22(23)28)12-16-5-15(11-26)6-20(25)7-16/h2-8,18-19,22-23,28H,9-10,12-14H2,1H3/t18-,19+,22+,23+/m0/s1. The van der Waals surface area contributed by atoms with E-state index in [0.29, 0.717) is 48.1 Å². The molecule has 0 radical (unpaired) electrons. The normalized spacial score (nSPS) is 25.5. The number of halogens is 1. The highest BCUT2D eigenvalue weighted by atomic mass is 19.1. The first-order chi connectivity index (χ1) is 14.9. The van der Waals surface area contributed by atoms with E-state index >= 15 is 0 Å². The quantitative estimate of drug-likeness (QED) is 0.743. The Hall–Kier alpha value is -2.95. The van der Waals surface area contributed by atoms with Crippen molar-refractivity contribution < 1.29 is 23.8 Å². The van der Waals surface area contributed by atoms with E-state index in [1.54, 1.807) is 30.3 Å². The monoisotopic (exact) mass is 424 g/mol. The number of aliphatic hydroxyl groups is 1. The fraction of sp³-hybridized carbons (Fsp3) is 0.417. The Bertz CT molecular complexity index is 1010. The van der Waals surface area contributed by atoms with Gasteiger partial charge in [-0.05, 0) is 66.6 Å². The number of nitrogens with zero attached hydrogens (tertiary/aromatic N) is 2. The number of fused-ring (bicyclic) bond motifs is 1. The van der Waals surface area contributed by atoms with E-state index in [1.165, 1.54) is 19.2 Å². The Morgan fingerprint density at radius 3 is 2.74 bits per heavy atom. The van der Waals surface area contributed by atoms with Crippen molar-refractivity contribution in [3.8, 4) is 11.8 Å². The molecule has 1 heterocycles. The molecule has 0 bridgehead atoms. The lowest BCUT2D eigenvalue weighted by molar-refractivity contribution is -0.0231. The molecule has 1 N–H and O–H groups in total. The Labute approximate surface area is 180 Å². The lowest BCUT2D eigenvalue weighted by atomic mass is 9.78. The first-order valence-corrected chi connectivity index (χ1v) is 10.4. The third-order valence-electron chi connectivity index (χ3n) is 6.20. The molecule has 0 aromatic heterocycles. The van der Waals surface area contributed by atoms with Crippen LogP contribution in [0.4, 0.5) is 4.39 Å².